The predicted octanol–water partition coefficient (Wildman–Crippen LogP) is -0.456. The van der Waals surface area contributed by atoms with E-state index in [1.807, 2.05) is 0 Å². The molecule has 0 spiro atoms. The van der Waals surface area contributed by atoms with Crippen molar-refractivity contribution >= 4 is 15.7 Å². The van der Waals surface area contributed by atoms with Crippen LogP contribution in [0, 0.1) is 0 Å². The Morgan fingerprint density at radius 1 is 1.44 bits per heavy atom. The van der Waals surface area contributed by atoms with Gasteiger partial charge in [-0.2, -0.15) is 0 Å². The van der Waals surface area contributed by atoms with Gasteiger partial charge in [0, 0.05) is 19.3 Å². The molecule has 0 saturated carbocycles. The molecule has 0 unspecified atom stereocenters. The fourth-order valence-electron chi connectivity index (χ4n) is 1.21. The van der Waals surface area contributed by atoms with Crippen LogP contribution in [0.15, 0.2) is 29.2 Å². The molecule has 1 aromatic rings. The van der Waals surface area contributed by atoms with Gasteiger partial charge in [0.1, 0.15) is 5.75 Å². The molecule has 0 radical (unpaired) electrons. The highest BCUT2D eigenvalue weighted by Crippen LogP contribution is 2.17. The van der Waals surface area contributed by atoms with Gasteiger partial charge in [0.25, 0.3) is 5.91 Å². The molecule has 1 rings (SSSR count). The van der Waals surface area contributed by atoms with Gasteiger partial charge in [-0.1, -0.05) is 6.07 Å². The number of ether oxygens (including phenoxy) is 1. The third-order valence-electron chi connectivity index (χ3n) is 2.07. The van der Waals surface area contributed by atoms with Crippen LogP contribution in [0.25, 0.3) is 0 Å². The lowest BCUT2D eigenvalue weighted by atomic mass is 10.3. The van der Waals surface area contributed by atoms with Gasteiger partial charge in [0.15, 0.2) is 16.4 Å². The monoisotopic (exact) mass is 272 g/mol. The lowest BCUT2D eigenvalue weighted by Gasteiger charge is -2.07. The Balaban J connectivity index is 2.61. The maximum absolute atomic E-state index is 11.3. The molecule has 0 aromatic heterocycles. The first kappa shape index (κ1) is 14.5. The third-order valence-corrected chi connectivity index (χ3v) is 3.18. The third kappa shape index (κ3) is 4.72. The molecule has 0 aliphatic carbocycles. The zero-order valence-electron chi connectivity index (χ0n) is 10.0. The molecule has 3 N–H and O–H groups in total. The lowest BCUT2D eigenvalue weighted by Crippen LogP contribution is -2.32. The molecule has 18 heavy (non-hydrogen) atoms. The highest BCUT2D eigenvalue weighted by atomic mass is 32.2. The van der Waals surface area contributed by atoms with Gasteiger partial charge in [-0.3, -0.25) is 4.79 Å². The fraction of sp³-hybridized carbons (Fsp3) is 0.364. The van der Waals surface area contributed by atoms with E-state index in [0.717, 1.165) is 6.26 Å². The Kier molecular flexibility index (Phi) is 5.11. The van der Waals surface area contributed by atoms with Gasteiger partial charge in [0.2, 0.25) is 0 Å². The highest BCUT2D eigenvalue weighted by molar-refractivity contribution is 7.90. The molecule has 1 amide bonds. The SMILES string of the molecule is CS(=O)(=O)c1cccc(OCC(=O)NCCN)c1. The zero-order chi connectivity index (χ0) is 13.6. The van der Waals surface area contributed by atoms with Gasteiger partial charge < -0.3 is 15.8 Å². The standard InChI is InChI=1S/C11H16N2O4S/c1-18(15,16)10-4-2-3-9(7-10)17-8-11(14)13-6-5-12/h2-4,7H,5-6,8,12H2,1H3,(H,13,14). The van der Waals surface area contributed by atoms with Gasteiger partial charge in [-0.15, -0.1) is 0 Å². The van der Waals surface area contributed by atoms with E-state index in [-0.39, 0.29) is 17.4 Å². The van der Waals surface area contributed by atoms with E-state index in [1.54, 1.807) is 12.1 Å². The average Bonchev–Trinajstić information content (AvgIpc) is 2.33. The van der Waals surface area contributed by atoms with Gasteiger partial charge in [0.05, 0.1) is 4.90 Å². The van der Waals surface area contributed by atoms with Crippen molar-refractivity contribution in [3.8, 4) is 5.75 Å². The van der Waals surface area contributed by atoms with Crippen LogP contribution in [-0.2, 0) is 14.6 Å². The summed E-state index contributed by atoms with van der Waals surface area (Å²) in [6.07, 6.45) is 1.11. The number of sulfone groups is 1. The Labute approximate surface area is 106 Å². The second-order valence-electron chi connectivity index (χ2n) is 3.67. The van der Waals surface area contributed by atoms with Crippen LogP contribution in [0.4, 0.5) is 0 Å². The number of carbonyl (C=O) groups is 1. The van der Waals surface area contributed by atoms with Crippen molar-refractivity contribution in [2.45, 2.75) is 4.90 Å². The lowest BCUT2D eigenvalue weighted by molar-refractivity contribution is -0.123. The van der Waals surface area contributed by atoms with Crippen molar-refractivity contribution in [3.63, 3.8) is 0 Å². The molecule has 0 saturated heterocycles. The summed E-state index contributed by atoms with van der Waals surface area (Å²) in [5.74, 6) is 0.0334. The minimum atomic E-state index is -3.28. The minimum absolute atomic E-state index is 0.155. The number of amides is 1. The molecule has 0 aliphatic heterocycles. The highest BCUT2D eigenvalue weighted by Gasteiger charge is 2.08. The van der Waals surface area contributed by atoms with E-state index >= 15 is 0 Å². The van der Waals surface area contributed by atoms with E-state index in [1.165, 1.54) is 12.1 Å². The summed E-state index contributed by atoms with van der Waals surface area (Å²) in [4.78, 5) is 11.4. The van der Waals surface area contributed by atoms with Gasteiger partial charge in [-0.05, 0) is 18.2 Å². The first-order valence-electron chi connectivity index (χ1n) is 5.33. The van der Waals surface area contributed by atoms with Crippen molar-refractivity contribution < 1.29 is 17.9 Å². The predicted molar refractivity (Wildman–Crippen MR) is 67.1 cm³/mol. The molecule has 0 heterocycles. The van der Waals surface area contributed by atoms with E-state index in [2.05, 4.69) is 5.32 Å². The molecule has 0 aliphatic rings. The van der Waals surface area contributed by atoms with Crippen LogP contribution in [0.2, 0.25) is 0 Å². The maximum Gasteiger partial charge on any atom is 0.257 e. The van der Waals surface area contributed by atoms with E-state index in [0.29, 0.717) is 18.8 Å². The van der Waals surface area contributed by atoms with Crippen molar-refractivity contribution in [1.82, 2.24) is 5.32 Å². The van der Waals surface area contributed by atoms with E-state index < -0.39 is 9.84 Å². The van der Waals surface area contributed by atoms with Crippen molar-refractivity contribution in [3.05, 3.63) is 24.3 Å². The Bertz CT molecular complexity index is 514. The van der Waals surface area contributed by atoms with Crippen molar-refractivity contribution in [1.29, 1.82) is 0 Å². The molecule has 6 nitrogen and oxygen atoms in total. The molecule has 0 fully saturated rings. The second kappa shape index (κ2) is 6.36. The van der Waals surface area contributed by atoms with Crippen LogP contribution in [-0.4, -0.2) is 40.3 Å². The number of rotatable bonds is 6. The van der Waals surface area contributed by atoms with Crippen LogP contribution in [0.5, 0.6) is 5.75 Å². The van der Waals surface area contributed by atoms with Gasteiger partial charge >= 0.3 is 0 Å². The molecule has 0 bridgehead atoms. The first-order valence-corrected chi connectivity index (χ1v) is 7.22. The Morgan fingerprint density at radius 3 is 2.78 bits per heavy atom. The smallest absolute Gasteiger partial charge is 0.257 e. The summed E-state index contributed by atoms with van der Waals surface area (Å²) < 4.78 is 27.8. The van der Waals surface area contributed by atoms with Crippen molar-refractivity contribution in [2.24, 2.45) is 5.73 Å². The molecule has 7 heteroatoms. The number of hydrogen-bond donors (Lipinski definition) is 2. The number of nitrogens with one attached hydrogen (secondary N) is 1. The number of nitrogens with two attached hydrogens (primary N) is 1. The molecular weight excluding hydrogens is 256 g/mol. The van der Waals surface area contributed by atoms with E-state index in [4.69, 9.17) is 10.5 Å². The molecule has 100 valence electrons. The normalized spacial score (nSPS) is 11.0. The summed E-state index contributed by atoms with van der Waals surface area (Å²) >= 11 is 0. The second-order valence-corrected chi connectivity index (χ2v) is 5.69. The van der Waals surface area contributed by atoms with Crippen LogP contribution < -0.4 is 15.8 Å². The fourth-order valence-corrected chi connectivity index (χ4v) is 1.86. The number of carbonyl (C=O) groups excluding carboxylic acids is 1. The molecular formula is C11H16N2O4S. The average molecular weight is 272 g/mol. The largest absolute Gasteiger partial charge is 0.484 e. The summed E-state index contributed by atoms with van der Waals surface area (Å²) in [6, 6.07) is 6.00. The topological polar surface area (TPSA) is 98.5 Å². The van der Waals surface area contributed by atoms with E-state index in [9.17, 15) is 13.2 Å². The summed E-state index contributed by atoms with van der Waals surface area (Å²) in [5, 5.41) is 2.54. The van der Waals surface area contributed by atoms with Crippen molar-refractivity contribution in [2.75, 3.05) is 26.0 Å². The first-order chi connectivity index (χ1) is 8.43. The zero-order valence-corrected chi connectivity index (χ0v) is 10.9. The van der Waals surface area contributed by atoms with Crippen LogP contribution >= 0.6 is 0 Å². The van der Waals surface area contributed by atoms with Crippen LogP contribution in [0.3, 0.4) is 0 Å². The molecule has 1 aromatic carbocycles. The maximum atomic E-state index is 11.3. The number of hydrogen-bond acceptors (Lipinski definition) is 5. The van der Waals surface area contributed by atoms with Crippen LogP contribution in [0.1, 0.15) is 0 Å². The molecule has 0 atom stereocenters. The summed E-state index contributed by atoms with van der Waals surface area (Å²) in [7, 11) is -3.28. The Hall–Kier alpha value is -1.60. The van der Waals surface area contributed by atoms with Gasteiger partial charge in [-0.25, -0.2) is 8.42 Å². The summed E-state index contributed by atoms with van der Waals surface area (Å²) in [5.41, 5.74) is 5.23. The summed E-state index contributed by atoms with van der Waals surface area (Å²) in [6.45, 7) is 0.564. The number of benzene rings is 1. The Morgan fingerprint density at radius 2 is 2.17 bits per heavy atom. The quantitative estimate of drug-likeness (QED) is 0.730. The minimum Gasteiger partial charge on any atom is -0.484 e.